The second kappa shape index (κ2) is 5.27. The van der Waals surface area contributed by atoms with Crippen LogP contribution in [-0.2, 0) is 0 Å². The largest absolute Gasteiger partial charge is 0.573 e. The van der Waals surface area contributed by atoms with E-state index in [2.05, 4.69) is 13.5 Å². The minimum atomic E-state index is -4.77. The highest BCUT2D eigenvalue weighted by Crippen LogP contribution is 2.27. The first kappa shape index (κ1) is 13.3. The zero-order valence-corrected chi connectivity index (χ0v) is 9.99. The van der Waals surface area contributed by atoms with E-state index in [4.69, 9.17) is 0 Å². The molecule has 0 aliphatic carbocycles. The maximum Gasteiger partial charge on any atom is 0.573 e. The van der Waals surface area contributed by atoms with E-state index < -0.39 is 11.3 Å². The number of benzene rings is 1. The highest BCUT2D eigenvalue weighted by molar-refractivity contribution is 7.02. The molecule has 19 heavy (non-hydrogen) atoms. The summed E-state index contributed by atoms with van der Waals surface area (Å²) in [5, 5.41) is 0. The maximum absolute atomic E-state index is 12.2. The van der Waals surface area contributed by atoms with Gasteiger partial charge in [-0.15, -0.1) is 17.5 Å². The topological polar surface area (TPSA) is 52.3 Å². The Hall–Kier alpha value is -2.09. The number of hydrogen-bond donors (Lipinski definition) is 0. The molecule has 0 atom stereocenters. The molecule has 0 fully saturated rings. The summed E-state index contributed by atoms with van der Waals surface area (Å²) >= 11 is 0.619. The minimum Gasteiger partial charge on any atom is -0.405 e. The highest BCUT2D eigenvalue weighted by Gasteiger charge is 2.31. The van der Waals surface area contributed by atoms with Crippen molar-refractivity contribution in [3.05, 3.63) is 45.5 Å². The molecule has 100 valence electrons. The van der Waals surface area contributed by atoms with Crippen LogP contribution >= 0.6 is 11.5 Å². The number of nitrogens with zero attached hydrogens (tertiary/aromatic N) is 1. The second-order valence-corrected chi connectivity index (χ2v) is 3.99. The van der Waals surface area contributed by atoms with Gasteiger partial charge >= 0.3 is 11.3 Å². The number of hydrogen-bond acceptors (Lipinski definition) is 5. The van der Waals surface area contributed by atoms with Gasteiger partial charge in [-0.05, 0) is 12.1 Å². The SMILES string of the molecule is O=c1oc(/C=C/c2ccccc2OC(F)(F)F)ns1. The zero-order valence-electron chi connectivity index (χ0n) is 9.18. The minimum absolute atomic E-state index is 0.0248. The molecule has 0 spiro atoms. The Kier molecular flexibility index (Phi) is 3.70. The lowest BCUT2D eigenvalue weighted by atomic mass is 10.2. The maximum atomic E-state index is 12.2. The fourth-order valence-electron chi connectivity index (χ4n) is 1.27. The van der Waals surface area contributed by atoms with Gasteiger partial charge in [0, 0.05) is 11.6 Å². The molecule has 0 saturated carbocycles. The van der Waals surface area contributed by atoms with Crippen LogP contribution in [0.5, 0.6) is 5.75 Å². The lowest BCUT2D eigenvalue weighted by Gasteiger charge is -2.10. The number of rotatable bonds is 3. The van der Waals surface area contributed by atoms with Gasteiger partial charge in [0.05, 0.1) is 11.5 Å². The standard InChI is InChI=1S/C11H6F3NO3S/c12-11(13,14)18-8-4-2-1-3-7(8)5-6-9-15-19-10(16)17-9/h1-6H/b6-5+. The van der Waals surface area contributed by atoms with Gasteiger partial charge in [-0.2, -0.15) is 0 Å². The van der Waals surface area contributed by atoms with Gasteiger partial charge in [0.15, 0.2) is 0 Å². The fourth-order valence-corrected chi connectivity index (χ4v) is 1.65. The van der Waals surface area contributed by atoms with Crippen LogP contribution in [0.3, 0.4) is 0 Å². The third-order valence-electron chi connectivity index (χ3n) is 1.95. The summed E-state index contributed by atoms with van der Waals surface area (Å²) in [5.74, 6) is -0.319. The molecule has 0 amide bonds. The van der Waals surface area contributed by atoms with E-state index in [1.165, 1.54) is 30.4 Å². The van der Waals surface area contributed by atoms with Crippen molar-refractivity contribution in [3.8, 4) is 5.75 Å². The van der Waals surface area contributed by atoms with Crippen LogP contribution in [0.25, 0.3) is 12.2 Å². The molecular formula is C11H6F3NO3S. The monoisotopic (exact) mass is 289 g/mol. The van der Waals surface area contributed by atoms with Gasteiger partial charge in [-0.25, -0.2) is 4.79 Å². The summed E-state index contributed by atoms with van der Waals surface area (Å²) in [6.45, 7) is 0. The Bertz CT molecular complexity index is 645. The summed E-state index contributed by atoms with van der Waals surface area (Å²) < 4.78 is 48.7. The summed E-state index contributed by atoms with van der Waals surface area (Å²) in [7, 11) is 0. The van der Waals surface area contributed by atoms with E-state index in [0.29, 0.717) is 11.5 Å². The summed E-state index contributed by atoms with van der Waals surface area (Å²) in [6, 6.07) is 5.59. The smallest absolute Gasteiger partial charge is 0.405 e. The Morgan fingerprint density at radius 1 is 1.26 bits per heavy atom. The molecule has 1 heterocycles. The van der Waals surface area contributed by atoms with Gasteiger partial charge in [0.2, 0.25) is 5.89 Å². The van der Waals surface area contributed by atoms with E-state index in [9.17, 15) is 18.0 Å². The predicted molar refractivity (Wildman–Crippen MR) is 62.7 cm³/mol. The number of aromatic nitrogens is 1. The van der Waals surface area contributed by atoms with Crippen molar-refractivity contribution in [1.82, 2.24) is 4.37 Å². The van der Waals surface area contributed by atoms with Crippen molar-refractivity contribution < 1.29 is 22.3 Å². The number of alkyl halides is 3. The van der Waals surface area contributed by atoms with E-state index in [1.54, 1.807) is 6.07 Å². The molecule has 1 aromatic heterocycles. The molecule has 2 aromatic rings. The van der Waals surface area contributed by atoms with E-state index >= 15 is 0 Å². The molecule has 0 radical (unpaired) electrons. The molecule has 0 bridgehead atoms. The van der Waals surface area contributed by atoms with Crippen molar-refractivity contribution in [2.45, 2.75) is 6.36 Å². The summed E-state index contributed by atoms with van der Waals surface area (Å²) in [4.78, 5) is 10.2. The lowest BCUT2D eigenvalue weighted by molar-refractivity contribution is -0.274. The number of halogens is 3. The Balaban J connectivity index is 2.25. The molecule has 0 N–H and O–H groups in total. The van der Waals surface area contributed by atoms with Crippen LogP contribution < -0.4 is 9.68 Å². The predicted octanol–water partition coefficient (Wildman–Crippen LogP) is 3.17. The van der Waals surface area contributed by atoms with Crippen molar-refractivity contribution in [1.29, 1.82) is 0 Å². The van der Waals surface area contributed by atoms with E-state index in [0.717, 1.165) is 0 Å². The van der Waals surface area contributed by atoms with E-state index in [-0.39, 0.29) is 17.2 Å². The molecule has 0 aliphatic heterocycles. The fraction of sp³-hybridized carbons (Fsp3) is 0.0909. The Labute approximate surface area is 108 Å². The molecule has 2 rings (SSSR count). The number of para-hydroxylation sites is 1. The van der Waals surface area contributed by atoms with Gasteiger partial charge in [-0.3, -0.25) is 0 Å². The average molecular weight is 289 g/mol. The van der Waals surface area contributed by atoms with Gasteiger partial charge in [0.1, 0.15) is 5.75 Å². The van der Waals surface area contributed by atoms with Crippen LogP contribution in [0.1, 0.15) is 11.5 Å². The number of ether oxygens (including phenoxy) is 1. The molecular weight excluding hydrogens is 283 g/mol. The normalized spacial score (nSPS) is 11.9. The molecule has 0 saturated heterocycles. The van der Waals surface area contributed by atoms with Crippen LogP contribution in [0.4, 0.5) is 13.2 Å². The van der Waals surface area contributed by atoms with Crippen molar-refractivity contribution >= 4 is 23.7 Å². The molecule has 0 unspecified atom stereocenters. The van der Waals surface area contributed by atoms with E-state index in [1.807, 2.05) is 0 Å². The van der Waals surface area contributed by atoms with Crippen LogP contribution in [0.2, 0.25) is 0 Å². The van der Waals surface area contributed by atoms with Crippen molar-refractivity contribution in [2.24, 2.45) is 0 Å². The zero-order chi connectivity index (χ0) is 13.9. The third-order valence-corrected chi connectivity index (χ3v) is 2.45. The quantitative estimate of drug-likeness (QED) is 0.871. The lowest BCUT2D eigenvalue weighted by Crippen LogP contribution is -2.17. The first-order valence-electron chi connectivity index (χ1n) is 4.94. The Morgan fingerprint density at radius 2 is 2.00 bits per heavy atom. The van der Waals surface area contributed by atoms with Gasteiger partial charge in [-0.1, -0.05) is 18.2 Å². The average Bonchev–Trinajstić information content (AvgIpc) is 2.72. The molecule has 4 nitrogen and oxygen atoms in total. The van der Waals surface area contributed by atoms with Gasteiger partial charge < -0.3 is 9.15 Å². The molecule has 8 heteroatoms. The molecule has 1 aromatic carbocycles. The van der Waals surface area contributed by atoms with Crippen LogP contribution in [0, 0.1) is 0 Å². The third kappa shape index (κ3) is 3.95. The first-order valence-corrected chi connectivity index (χ1v) is 5.71. The highest BCUT2D eigenvalue weighted by atomic mass is 32.1. The first-order chi connectivity index (χ1) is 8.94. The van der Waals surface area contributed by atoms with Crippen molar-refractivity contribution in [2.75, 3.05) is 0 Å². The Morgan fingerprint density at radius 3 is 2.63 bits per heavy atom. The van der Waals surface area contributed by atoms with Gasteiger partial charge in [0.25, 0.3) is 0 Å². The summed E-state index contributed by atoms with van der Waals surface area (Å²) in [6.07, 6.45) is -2.16. The van der Waals surface area contributed by atoms with Crippen LogP contribution in [-0.4, -0.2) is 10.7 Å². The van der Waals surface area contributed by atoms with Crippen LogP contribution in [0.15, 0.2) is 33.5 Å². The second-order valence-electron chi connectivity index (χ2n) is 3.29. The molecule has 0 aliphatic rings. The van der Waals surface area contributed by atoms with Crippen molar-refractivity contribution in [3.63, 3.8) is 0 Å². The summed E-state index contributed by atoms with van der Waals surface area (Å²) in [5.41, 5.74) is 0.190.